The summed E-state index contributed by atoms with van der Waals surface area (Å²) >= 11 is 1.46. The smallest absolute Gasteiger partial charge is 0.303 e. The molecule has 1 N–H and O–H groups in total. The van der Waals surface area contributed by atoms with Gasteiger partial charge in [-0.1, -0.05) is 48.0 Å². The Labute approximate surface area is 184 Å². The van der Waals surface area contributed by atoms with E-state index in [1.54, 1.807) is 4.57 Å². The molecule has 0 bridgehead atoms. The van der Waals surface area contributed by atoms with Crippen molar-refractivity contribution in [3.63, 3.8) is 0 Å². The van der Waals surface area contributed by atoms with Gasteiger partial charge in [-0.3, -0.25) is 14.2 Å². The van der Waals surface area contributed by atoms with Gasteiger partial charge >= 0.3 is 5.97 Å². The molecule has 5 nitrogen and oxygen atoms in total. The maximum atomic E-state index is 13.7. The Hall–Kier alpha value is -3.25. The molecule has 2 aromatic carbocycles. The first-order valence-corrected chi connectivity index (χ1v) is 11.1. The molecule has 0 fully saturated rings. The van der Waals surface area contributed by atoms with Crippen LogP contribution in [0.4, 0.5) is 0 Å². The van der Waals surface area contributed by atoms with Crippen molar-refractivity contribution in [2.24, 2.45) is 0 Å². The lowest BCUT2D eigenvalue weighted by Crippen LogP contribution is -2.24. The number of carboxylic acids is 1. The van der Waals surface area contributed by atoms with Crippen molar-refractivity contribution < 1.29 is 9.90 Å². The first kappa shape index (κ1) is 21.0. The van der Waals surface area contributed by atoms with E-state index >= 15 is 0 Å². The summed E-state index contributed by atoms with van der Waals surface area (Å²) in [5.74, 6) is -0.290. The molecule has 31 heavy (non-hydrogen) atoms. The van der Waals surface area contributed by atoms with E-state index in [4.69, 9.17) is 10.1 Å². The van der Waals surface area contributed by atoms with E-state index in [9.17, 15) is 9.59 Å². The monoisotopic (exact) mass is 432 g/mol. The summed E-state index contributed by atoms with van der Waals surface area (Å²) in [4.78, 5) is 30.2. The summed E-state index contributed by atoms with van der Waals surface area (Å²) in [6.45, 7) is 6.44. The van der Waals surface area contributed by atoms with Gasteiger partial charge in [-0.05, 0) is 43.9 Å². The number of nitrogens with zero attached hydrogens (tertiary/aromatic N) is 2. The van der Waals surface area contributed by atoms with Crippen LogP contribution in [0.2, 0.25) is 0 Å². The lowest BCUT2D eigenvalue weighted by atomic mass is 10.0. The molecular formula is C25H24N2O3S. The highest BCUT2D eigenvalue weighted by molar-refractivity contribution is 7.17. The molecule has 0 saturated heterocycles. The van der Waals surface area contributed by atoms with Gasteiger partial charge in [0.1, 0.15) is 10.7 Å². The van der Waals surface area contributed by atoms with E-state index < -0.39 is 5.97 Å². The van der Waals surface area contributed by atoms with Crippen LogP contribution in [0.3, 0.4) is 0 Å². The van der Waals surface area contributed by atoms with Gasteiger partial charge in [0.15, 0.2) is 0 Å². The summed E-state index contributed by atoms with van der Waals surface area (Å²) < 4.78 is 1.63. The molecule has 0 aliphatic carbocycles. The van der Waals surface area contributed by atoms with Crippen molar-refractivity contribution in [1.29, 1.82) is 0 Å². The van der Waals surface area contributed by atoms with E-state index in [-0.39, 0.29) is 12.0 Å². The average molecular weight is 433 g/mol. The molecule has 0 saturated carbocycles. The van der Waals surface area contributed by atoms with Crippen molar-refractivity contribution in [2.75, 3.05) is 0 Å². The quantitative estimate of drug-likeness (QED) is 0.432. The topological polar surface area (TPSA) is 72.2 Å². The zero-order valence-corrected chi connectivity index (χ0v) is 18.6. The second-order valence-electron chi connectivity index (χ2n) is 7.88. The van der Waals surface area contributed by atoms with E-state index in [1.165, 1.54) is 22.5 Å². The number of carboxylic acid groups (broad SMARTS) is 1. The molecule has 0 aliphatic rings. The number of aromatic nitrogens is 2. The van der Waals surface area contributed by atoms with Crippen LogP contribution >= 0.6 is 11.3 Å². The van der Waals surface area contributed by atoms with Crippen molar-refractivity contribution in [2.45, 2.75) is 40.2 Å². The van der Waals surface area contributed by atoms with Gasteiger partial charge < -0.3 is 5.11 Å². The van der Waals surface area contributed by atoms with Gasteiger partial charge in [-0.25, -0.2) is 4.98 Å². The molecular weight excluding hydrogens is 408 g/mol. The van der Waals surface area contributed by atoms with E-state index in [1.807, 2.05) is 42.6 Å². The normalized spacial score (nSPS) is 11.2. The number of thiophene rings is 1. The predicted molar refractivity (Wildman–Crippen MR) is 126 cm³/mol. The van der Waals surface area contributed by atoms with Crippen molar-refractivity contribution >= 4 is 27.5 Å². The van der Waals surface area contributed by atoms with Crippen LogP contribution in [0.5, 0.6) is 0 Å². The highest BCUT2D eigenvalue weighted by Crippen LogP contribution is 2.33. The summed E-state index contributed by atoms with van der Waals surface area (Å²) in [7, 11) is 0. The van der Waals surface area contributed by atoms with Crippen LogP contribution in [0, 0.1) is 20.8 Å². The van der Waals surface area contributed by atoms with Crippen LogP contribution in [-0.4, -0.2) is 20.6 Å². The predicted octanol–water partition coefficient (Wildman–Crippen LogP) is 5.58. The fourth-order valence-corrected chi connectivity index (χ4v) is 4.60. The second kappa shape index (κ2) is 8.47. The Morgan fingerprint density at radius 1 is 1.03 bits per heavy atom. The molecule has 0 amide bonds. The van der Waals surface area contributed by atoms with E-state index in [0.717, 1.165) is 22.3 Å². The van der Waals surface area contributed by atoms with Gasteiger partial charge in [0.2, 0.25) is 0 Å². The minimum Gasteiger partial charge on any atom is -0.481 e. The SMILES string of the molecule is Cc1ccc(-c2nc3scc(-c4ccc(C)c(C)c4)c3c(=O)n2CCCC(=O)O)cc1. The number of carbonyl (C=O) groups is 1. The van der Waals surface area contributed by atoms with Crippen molar-refractivity contribution in [3.8, 4) is 22.5 Å². The van der Waals surface area contributed by atoms with Crippen molar-refractivity contribution in [3.05, 3.63) is 74.9 Å². The van der Waals surface area contributed by atoms with E-state index in [0.29, 0.717) is 29.0 Å². The van der Waals surface area contributed by atoms with Crippen LogP contribution < -0.4 is 5.56 Å². The van der Waals surface area contributed by atoms with Crippen LogP contribution in [-0.2, 0) is 11.3 Å². The van der Waals surface area contributed by atoms with Crippen LogP contribution in [0.15, 0.2) is 52.6 Å². The Morgan fingerprint density at radius 3 is 2.42 bits per heavy atom. The number of hydrogen-bond acceptors (Lipinski definition) is 4. The summed E-state index contributed by atoms with van der Waals surface area (Å²) in [6.07, 6.45) is 0.371. The molecule has 4 aromatic rings. The number of rotatable bonds is 6. The maximum absolute atomic E-state index is 13.7. The largest absolute Gasteiger partial charge is 0.481 e. The van der Waals surface area contributed by atoms with Gasteiger partial charge in [0.25, 0.3) is 5.56 Å². The Morgan fingerprint density at radius 2 is 1.74 bits per heavy atom. The third kappa shape index (κ3) is 4.16. The molecule has 6 heteroatoms. The molecule has 0 radical (unpaired) electrons. The second-order valence-corrected chi connectivity index (χ2v) is 8.74. The molecule has 0 atom stereocenters. The molecule has 2 aromatic heterocycles. The third-order valence-electron chi connectivity index (χ3n) is 5.59. The lowest BCUT2D eigenvalue weighted by Gasteiger charge is -2.13. The molecule has 4 rings (SSSR count). The summed E-state index contributed by atoms with van der Waals surface area (Å²) in [5, 5.41) is 11.6. The fraction of sp³-hybridized carbons (Fsp3) is 0.240. The van der Waals surface area contributed by atoms with E-state index in [2.05, 4.69) is 26.0 Å². The zero-order chi connectivity index (χ0) is 22.1. The van der Waals surface area contributed by atoms with Gasteiger partial charge in [-0.2, -0.15) is 0 Å². The first-order chi connectivity index (χ1) is 14.8. The molecule has 0 unspecified atom stereocenters. The Kier molecular flexibility index (Phi) is 5.74. The standard InChI is InChI=1S/C25H24N2O3S/c1-15-6-9-18(10-7-15)23-26-24-22(25(30)27(23)12-4-5-21(28)29)20(14-31-24)19-11-8-16(2)17(3)13-19/h6-11,13-14H,4-5,12H2,1-3H3,(H,28,29). The zero-order valence-electron chi connectivity index (χ0n) is 17.8. The minimum absolute atomic E-state index is 0.00542. The number of benzene rings is 2. The highest BCUT2D eigenvalue weighted by atomic mass is 32.1. The number of aliphatic carboxylic acids is 1. The average Bonchev–Trinajstić information content (AvgIpc) is 3.16. The summed E-state index contributed by atoms with van der Waals surface area (Å²) in [5.41, 5.74) is 6.09. The van der Waals surface area contributed by atoms with Gasteiger partial charge in [0.05, 0.1) is 5.39 Å². The molecule has 2 heterocycles. The molecule has 158 valence electrons. The fourth-order valence-electron chi connectivity index (χ4n) is 3.66. The van der Waals surface area contributed by atoms with Crippen LogP contribution in [0.25, 0.3) is 32.7 Å². The van der Waals surface area contributed by atoms with Crippen molar-refractivity contribution in [1.82, 2.24) is 9.55 Å². The Bertz CT molecular complexity index is 1330. The molecule has 0 aliphatic heterocycles. The maximum Gasteiger partial charge on any atom is 0.303 e. The van der Waals surface area contributed by atoms with Gasteiger partial charge in [0, 0.05) is 29.5 Å². The number of fused-ring (bicyclic) bond motifs is 1. The summed E-state index contributed by atoms with van der Waals surface area (Å²) in [6, 6.07) is 14.1. The minimum atomic E-state index is -0.870. The lowest BCUT2D eigenvalue weighted by molar-refractivity contribution is -0.137. The third-order valence-corrected chi connectivity index (χ3v) is 6.47. The number of hydrogen-bond donors (Lipinski definition) is 1. The Balaban J connectivity index is 1.91. The number of aryl methyl sites for hydroxylation is 3. The van der Waals surface area contributed by atoms with Crippen LogP contribution in [0.1, 0.15) is 29.5 Å². The highest BCUT2D eigenvalue weighted by Gasteiger charge is 2.18. The first-order valence-electron chi connectivity index (χ1n) is 10.2. The molecule has 0 spiro atoms. The van der Waals surface area contributed by atoms with Gasteiger partial charge in [-0.15, -0.1) is 11.3 Å².